The lowest BCUT2D eigenvalue weighted by Gasteiger charge is -2.46. The molecule has 0 saturated carbocycles. The third-order valence-corrected chi connectivity index (χ3v) is 6.61. The van der Waals surface area contributed by atoms with E-state index in [1.165, 1.54) is 26.1 Å². The van der Waals surface area contributed by atoms with Crippen molar-refractivity contribution in [2.45, 2.75) is 45.4 Å². The summed E-state index contributed by atoms with van der Waals surface area (Å²) in [5, 5.41) is 0. The molecule has 1 aromatic heterocycles. The molecule has 106 valence electrons. The second kappa shape index (κ2) is 4.09. The van der Waals surface area contributed by atoms with Gasteiger partial charge in [0, 0.05) is 20.5 Å². The second-order valence-corrected chi connectivity index (χ2v) is 8.07. The standard InChI is InChI=1S/C17H22IN2/c1-11-13(18)8-7-12-15(11)20-14(9-10-19(20)6)17(4,5)16(12,2)3/h7-10H,1-6H3/q+1. The highest BCUT2D eigenvalue weighted by molar-refractivity contribution is 14.1. The first-order chi connectivity index (χ1) is 9.19. The SMILES string of the molecule is Cc1c(I)ccc2c1-n1c(cc[n+]1C)C(C)(C)C2(C)C. The Morgan fingerprint density at radius 1 is 1.05 bits per heavy atom. The average molecular weight is 381 g/mol. The van der Waals surface area contributed by atoms with Gasteiger partial charge in [-0.3, -0.25) is 0 Å². The highest BCUT2D eigenvalue weighted by Crippen LogP contribution is 2.50. The van der Waals surface area contributed by atoms with Crippen molar-refractivity contribution in [1.29, 1.82) is 0 Å². The monoisotopic (exact) mass is 381 g/mol. The Bertz CT molecular complexity index is 708. The zero-order valence-electron chi connectivity index (χ0n) is 13.1. The summed E-state index contributed by atoms with van der Waals surface area (Å²) in [4.78, 5) is 0. The van der Waals surface area contributed by atoms with Gasteiger partial charge in [0.1, 0.15) is 5.69 Å². The molecular weight excluding hydrogens is 359 g/mol. The van der Waals surface area contributed by atoms with E-state index in [-0.39, 0.29) is 10.8 Å². The van der Waals surface area contributed by atoms with Gasteiger partial charge in [-0.25, -0.2) is 0 Å². The van der Waals surface area contributed by atoms with Gasteiger partial charge in [-0.1, -0.05) is 33.8 Å². The first-order valence-electron chi connectivity index (χ1n) is 7.07. The van der Waals surface area contributed by atoms with Crippen molar-refractivity contribution in [2.75, 3.05) is 0 Å². The summed E-state index contributed by atoms with van der Waals surface area (Å²) in [7, 11) is 2.13. The summed E-state index contributed by atoms with van der Waals surface area (Å²) in [5.74, 6) is 0. The van der Waals surface area contributed by atoms with Gasteiger partial charge in [0.15, 0.2) is 13.2 Å². The predicted octanol–water partition coefficient (Wildman–Crippen LogP) is 3.78. The lowest BCUT2D eigenvalue weighted by molar-refractivity contribution is -0.745. The Kier molecular flexibility index (Phi) is 2.89. The molecule has 1 aliphatic heterocycles. The molecular formula is C17H22IN2+. The van der Waals surface area contributed by atoms with Crippen molar-refractivity contribution in [3.05, 3.63) is 44.8 Å². The van der Waals surface area contributed by atoms with Crippen molar-refractivity contribution in [2.24, 2.45) is 7.05 Å². The van der Waals surface area contributed by atoms with Gasteiger partial charge in [-0.05, 0) is 46.7 Å². The van der Waals surface area contributed by atoms with E-state index in [1.807, 2.05) is 0 Å². The molecule has 2 heterocycles. The molecule has 0 spiro atoms. The van der Waals surface area contributed by atoms with Crippen LogP contribution in [0.5, 0.6) is 0 Å². The zero-order chi connectivity index (χ0) is 14.9. The Labute approximate surface area is 134 Å². The number of halogens is 1. The molecule has 0 saturated heterocycles. The highest BCUT2D eigenvalue weighted by Gasteiger charge is 2.49. The lowest BCUT2D eigenvalue weighted by atomic mass is 9.60. The minimum atomic E-state index is 0.0977. The number of nitrogens with zero attached hydrogens (tertiary/aromatic N) is 2. The molecule has 0 bridgehead atoms. The molecule has 0 fully saturated rings. The Hall–Kier alpha value is -0.840. The van der Waals surface area contributed by atoms with Crippen LogP contribution in [0, 0.1) is 10.5 Å². The summed E-state index contributed by atoms with van der Waals surface area (Å²) in [6.07, 6.45) is 2.17. The molecule has 1 aromatic carbocycles. The van der Waals surface area contributed by atoms with Gasteiger partial charge in [0.05, 0.1) is 5.69 Å². The van der Waals surface area contributed by atoms with E-state index in [2.05, 4.69) is 98.0 Å². The summed E-state index contributed by atoms with van der Waals surface area (Å²) in [5.41, 5.74) is 5.78. The van der Waals surface area contributed by atoms with E-state index in [1.54, 1.807) is 0 Å². The third-order valence-electron chi connectivity index (χ3n) is 5.44. The smallest absolute Gasteiger partial charge is 0.124 e. The predicted molar refractivity (Wildman–Crippen MR) is 90.5 cm³/mol. The number of benzene rings is 1. The number of rotatable bonds is 0. The maximum Gasteiger partial charge on any atom is 0.196 e. The maximum absolute atomic E-state index is 2.44. The Morgan fingerprint density at radius 2 is 1.70 bits per heavy atom. The molecule has 0 unspecified atom stereocenters. The average Bonchev–Trinajstić information content (AvgIpc) is 2.73. The summed E-state index contributed by atoms with van der Waals surface area (Å²) in [6.45, 7) is 11.7. The molecule has 0 N–H and O–H groups in total. The summed E-state index contributed by atoms with van der Waals surface area (Å²) >= 11 is 2.44. The van der Waals surface area contributed by atoms with Crippen LogP contribution in [0.2, 0.25) is 0 Å². The number of fused-ring (bicyclic) bond motifs is 3. The van der Waals surface area contributed by atoms with E-state index in [4.69, 9.17) is 0 Å². The maximum atomic E-state index is 2.44. The van der Waals surface area contributed by atoms with Crippen molar-refractivity contribution >= 4 is 22.6 Å². The minimum absolute atomic E-state index is 0.0977. The van der Waals surface area contributed by atoms with Crippen molar-refractivity contribution in [3.8, 4) is 5.69 Å². The van der Waals surface area contributed by atoms with Gasteiger partial charge in [-0.15, -0.1) is 9.36 Å². The third kappa shape index (κ3) is 1.53. The minimum Gasteiger partial charge on any atom is -0.124 e. The van der Waals surface area contributed by atoms with Gasteiger partial charge in [-0.2, -0.15) is 0 Å². The molecule has 0 amide bonds. The molecule has 1 aliphatic rings. The molecule has 0 atom stereocenters. The largest absolute Gasteiger partial charge is 0.196 e. The van der Waals surface area contributed by atoms with Crippen LogP contribution in [-0.2, 0) is 17.9 Å². The van der Waals surface area contributed by atoms with Gasteiger partial charge in [0.25, 0.3) is 0 Å². The van der Waals surface area contributed by atoms with E-state index in [0.717, 1.165) is 0 Å². The van der Waals surface area contributed by atoms with Crippen molar-refractivity contribution in [3.63, 3.8) is 0 Å². The van der Waals surface area contributed by atoms with E-state index < -0.39 is 0 Å². The van der Waals surface area contributed by atoms with Crippen LogP contribution in [0.1, 0.15) is 44.5 Å². The van der Waals surface area contributed by atoms with Gasteiger partial charge >= 0.3 is 0 Å². The lowest BCUT2D eigenvalue weighted by Crippen LogP contribution is -2.51. The Balaban J connectivity index is 2.51. The Morgan fingerprint density at radius 3 is 2.35 bits per heavy atom. The molecule has 20 heavy (non-hydrogen) atoms. The fraction of sp³-hybridized carbons (Fsp3) is 0.471. The summed E-state index contributed by atoms with van der Waals surface area (Å²) in [6, 6.07) is 6.83. The molecule has 0 aliphatic carbocycles. The first-order valence-corrected chi connectivity index (χ1v) is 8.15. The number of aryl methyl sites for hydroxylation is 1. The molecule has 3 heteroatoms. The molecule has 3 rings (SSSR count). The second-order valence-electron chi connectivity index (χ2n) is 6.91. The number of aromatic nitrogens is 2. The van der Waals surface area contributed by atoms with Crippen LogP contribution in [-0.4, -0.2) is 4.68 Å². The highest BCUT2D eigenvalue weighted by atomic mass is 127. The normalized spacial score (nSPS) is 18.6. The fourth-order valence-electron chi connectivity index (χ4n) is 3.35. The van der Waals surface area contributed by atoms with Crippen molar-refractivity contribution < 1.29 is 4.68 Å². The van der Waals surface area contributed by atoms with Gasteiger partial charge < -0.3 is 0 Å². The summed E-state index contributed by atoms with van der Waals surface area (Å²) < 4.78 is 5.92. The van der Waals surface area contributed by atoms with Crippen LogP contribution in [0.3, 0.4) is 0 Å². The van der Waals surface area contributed by atoms with Crippen LogP contribution in [0.25, 0.3) is 5.69 Å². The fourth-order valence-corrected chi connectivity index (χ4v) is 3.78. The zero-order valence-corrected chi connectivity index (χ0v) is 15.2. The first kappa shape index (κ1) is 14.1. The van der Waals surface area contributed by atoms with Crippen LogP contribution < -0.4 is 4.68 Å². The quantitative estimate of drug-likeness (QED) is 0.485. The number of hydrogen-bond donors (Lipinski definition) is 0. The van der Waals surface area contributed by atoms with Crippen LogP contribution in [0.15, 0.2) is 24.4 Å². The van der Waals surface area contributed by atoms with E-state index >= 15 is 0 Å². The molecule has 0 radical (unpaired) electrons. The molecule has 2 nitrogen and oxygen atoms in total. The van der Waals surface area contributed by atoms with Crippen molar-refractivity contribution in [1.82, 2.24) is 4.68 Å². The van der Waals surface area contributed by atoms with Gasteiger partial charge in [0.2, 0.25) is 0 Å². The molecule has 2 aromatic rings. The number of hydrogen-bond acceptors (Lipinski definition) is 0. The topological polar surface area (TPSA) is 8.81 Å². The van der Waals surface area contributed by atoms with Crippen LogP contribution in [0.4, 0.5) is 0 Å². The van der Waals surface area contributed by atoms with E-state index in [9.17, 15) is 0 Å². The van der Waals surface area contributed by atoms with E-state index in [0.29, 0.717) is 0 Å². The van der Waals surface area contributed by atoms with Crippen LogP contribution >= 0.6 is 22.6 Å².